The molecule has 6 nitrogen and oxygen atoms in total. The van der Waals surface area contributed by atoms with E-state index in [1.807, 2.05) is 6.07 Å². The van der Waals surface area contributed by atoms with Crippen molar-refractivity contribution in [3.05, 3.63) is 17.5 Å². The van der Waals surface area contributed by atoms with Gasteiger partial charge in [0.05, 0.1) is 0 Å². The molecular weight excluding hydrogens is 294 g/mol. The van der Waals surface area contributed by atoms with E-state index in [4.69, 9.17) is 9.26 Å². The minimum atomic E-state index is -0.105. The van der Waals surface area contributed by atoms with E-state index in [9.17, 15) is 4.79 Å². The SMILES string of the molecule is C[C@H]1CN(C2CCOCC2)C[C@H]1NC(=O)c1cc(C2CC2)on1. The van der Waals surface area contributed by atoms with Crippen molar-refractivity contribution in [2.24, 2.45) is 5.92 Å². The molecule has 0 bridgehead atoms. The van der Waals surface area contributed by atoms with E-state index < -0.39 is 0 Å². The largest absolute Gasteiger partial charge is 0.381 e. The molecule has 4 rings (SSSR count). The van der Waals surface area contributed by atoms with Crippen LogP contribution >= 0.6 is 0 Å². The van der Waals surface area contributed by atoms with Crippen molar-refractivity contribution in [3.63, 3.8) is 0 Å². The van der Waals surface area contributed by atoms with Crippen molar-refractivity contribution in [2.45, 2.75) is 50.6 Å². The van der Waals surface area contributed by atoms with Crippen molar-refractivity contribution in [1.29, 1.82) is 0 Å². The van der Waals surface area contributed by atoms with Crippen LogP contribution in [0.25, 0.3) is 0 Å². The van der Waals surface area contributed by atoms with Gasteiger partial charge in [-0.2, -0.15) is 0 Å². The van der Waals surface area contributed by atoms with Gasteiger partial charge in [-0.15, -0.1) is 0 Å². The Kier molecular flexibility index (Phi) is 4.11. The maximum Gasteiger partial charge on any atom is 0.273 e. The Labute approximate surface area is 136 Å². The van der Waals surface area contributed by atoms with Crippen LogP contribution in [0.2, 0.25) is 0 Å². The smallest absolute Gasteiger partial charge is 0.273 e. The highest BCUT2D eigenvalue weighted by molar-refractivity contribution is 5.92. The summed E-state index contributed by atoms with van der Waals surface area (Å²) in [5.74, 6) is 1.69. The molecule has 23 heavy (non-hydrogen) atoms. The van der Waals surface area contributed by atoms with Gasteiger partial charge in [0, 0.05) is 50.4 Å². The number of amides is 1. The summed E-state index contributed by atoms with van der Waals surface area (Å²) in [7, 11) is 0. The number of hydrogen-bond acceptors (Lipinski definition) is 5. The molecule has 0 unspecified atom stereocenters. The Morgan fingerprint density at radius 2 is 2.04 bits per heavy atom. The summed E-state index contributed by atoms with van der Waals surface area (Å²) in [6.07, 6.45) is 4.49. The van der Waals surface area contributed by atoms with Crippen LogP contribution in [-0.4, -0.2) is 54.4 Å². The molecule has 1 aliphatic carbocycles. The number of nitrogens with zero attached hydrogens (tertiary/aromatic N) is 2. The number of ether oxygens (including phenoxy) is 1. The Balaban J connectivity index is 1.34. The second-order valence-electron chi connectivity index (χ2n) is 7.24. The lowest BCUT2D eigenvalue weighted by Gasteiger charge is -2.31. The molecule has 6 heteroatoms. The lowest BCUT2D eigenvalue weighted by Crippen LogP contribution is -2.42. The summed E-state index contributed by atoms with van der Waals surface area (Å²) < 4.78 is 10.7. The average Bonchev–Trinajstić information content (AvgIpc) is 3.18. The Morgan fingerprint density at radius 1 is 1.26 bits per heavy atom. The van der Waals surface area contributed by atoms with Crippen molar-refractivity contribution >= 4 is 5.91 Å². The van der Waals surface area contributed by atoms with Crippen LogP contribution < -0.4 is 5.32 Å². The first-order valence-corrected chi connectivity index (χ1v) is 8.80. The van der Waals surface area contributed by atoms with Crippen LogP contribution in [0.5, 0.6) is 0 Å². The van der Waals surface area contributed by atoms with Gasteiger partial charge in [0.25, 0.3) is 5.91 Å². The highest BCUT2D eigenvalue weighted by Gasteiger charge is 2.36. The monoisotopic (exact) mass is 319 g/mol. The zero-order chi connectivity index (χ0) is 15.8. The van der Waals surface area contributed by atoms with E-state index in [1.54, 1.807) is 0 Å². The third-order valence-electron chi connectivity index (χ3n) is 5.41. The predicted octanol–water partition coefficient (Wildman–Crippen LogP) is 1.78. The van der Waals surface area contributed by atoms with E-state index >= 15 is 0 Å². The fraction of sp³-hybridized carbons (Fsp3) is 0.765. The van der Waals surface area contributed by atoms with E-state index in [0.29, 0.717) is 23.6 Å². The molecule has 3 fully saturated rings. The summed E-state index contributed by atoms with van der Waals surface area (Å²) in [6.45, 7) is 5.89. The topological polar surface area (TPSA) is 67.6 Å². The van der Waals surface area contributed by atoms with Gasteiger partial charge >= 0.3 is 0 Å². The fourth-order valence-electron chi connectivity index (χ4n) is 3.74. The maximum absolute atomic E-state index is 12.4. The number of rotatable bonds is 4. The Morgan fingerprint density at radius 3 is 2.78 bits per heavy atom. The molecule has 0 radical (unpaired) electrons. The van der Waals surface area contributed by atoms with Crippen molar-refractivity contribution < 1.29 is 14.1 Å². The van der Waals surface area contributed by atoms with E-state index in [0.717, 1.165) is 57.7 Å². The number of carbonyl (C=O) groups is 1. The average molecular weight is 319 g/mol. The minimum Gasteiger partial charge on any atom is -0.381 e. The summed E-state index contributed by atoms with van der Waals surface area (Å²) in [5.41, 5.74) is 0.420. The number of hydrogen-bond donors (Lipinski definition) is 1. The Hall–Kier alpha value is -1.40. The zero-order valence-corrected chi connectivity index (χ0v) is 13.7. The molecule has 2 atom stereocenters. The van der Waals surface area contributed by atoms with Gasteiger partial charge in [-0.1, -0.05) is 12.1 Å². The molecule has 0 aromatic carbocycles. The fourth-order valence-corrected chi connectivity index (χ4v) is 3.74. The Bertz CT molecular complexity index is 563. The molecule has 1 aromatic rings. The van der Waals surface area contributed by atoms with Gasteiger partial charge in [-0.25, -0.2) is 0 Å². The molecular formula is C17H25N3O3. The third kappa shape index (κ3) is 3.28. The van der Waals surface area contributed by atoms with Gasteiger partial charge in [0.2, 0.25) is 0 Å². The van der Waals surface area contributed by atoms with Crippen LogP contribution in [0.15, 0.2) is 10.6 Å². The maximum atomic E-state index is 12.4. The summed E-state index contributed by atoms with van der Waals surface area (Å²) in [6, 6.07) is 2.59. The molecule has 1 amide bonds. The molecule has 1 saturated carbocycles. The van der Waals surface area contributed by atoms with Gasteiger partial charge in [-0.05, 0) is 31.6 Å². The molecule has 2 saturated heterocycles. The first-order valence-electron chi connectivity index (χ1n) is 8.80. The molecule has 3 aliphatic rings. The van der Waals surface area contributed by atoms with Crippen LogP contribution in [0, 0.1) is 5.92 Å². The second kappa shape index (κ2) is 6.24. The highest BCUT2D eigenvalue weighted by Crippen LogP contribution is 2.40. The quantitative estimate of drug-likeness (QED) is 0.916. The van der Waals surface area contributed by atoms with Crippen LogP contribution in [0.3, 0.4) is 0 Å². The normalized spacial score (nSPS) is 29.8. The second-order valence-corrected chi connectivity index (χ2v) is 7.24. The van der Waals surface area contributed by atoms with E-state index in [-0.39, 0.29) is 11.9 Å². The predicted molar refractivity (Wildman–Crippen MR) is 84.3 cm³/mol. The molecule has 1 N–H and O–H groups in total. The van der Waals surface area contributed by atoms with Crippen molar-refractivity contribution in [3.8, 4) is 0 Å². The van der Waals surface area contributed by atoms with Crippen LogP contribution in [0.1, 0.15) is 54.8 Å². The first kappa shape index (κ1) is 15.1. The molecule has 2 aliphatic heterocycles. The highest BCUT2D eigenvalue weighted by atomic mass is 16.5. The third-order valence-corrected chi connectivity index (χ3v) is 5.41. The standard InChI is InChI=1S/C17H25N3O3/c1-11-9-20(13-4-6-22-7-5-13)10-15(11)18-17(21)14-8-16(23-19-14)12-2-3-12/h8,11-13,15H,2-7,9-10H2,1H3,(H,18,21)/t11-,15+/m0/s1. The van der Waals surface area contributed by atoms with Crippen molar-refractivity contribution in [2.75, 3.05) is 26.3 Å². The number of likely N-dealkylation sites (tertiary alicyclic amines) is 1. The van der Waals surface area contributed by atoms with Gasteiger partial charge in [-0.3, -0.25) is 9.69 Å². The number of nitrogens with one attached hydrogen (secondary N) is 1. The minimum absolute atomic E-state index is 0.105. The number of aromatic nitrogens is 1. The number of carbonyl (C=O) groups excluding carboxylic acids is 1. The molecule has 126 valence electrons. The summed E-state index contributed by atoms with van der Waals surface area (Å²) in [5, 5.41) is 7.09. The lowest BCUT2D eigenvalue weighted by molar-refractivity contribution is 0.0408. The zero-order valence-electron chi connectivity index (χ0n) is 13.7. The molecule has 1 aromatic heterocycles. The van der Waals surface area contributed by atoms with Crippen LogP contribution in [-0.2, 0) is 4.74 Å². The molecule has 0 spiro atoms. The molecule has 3 heterocycles. The van der Waals surface area contributed by atoms with Gasteiger partial charge in [0.1, 0.15) is 5.76 Å². The van der Waals surface area contributed by atoms with Gasteiger partial charge < -0.3 is 14.6 Å². The van der Waals surface area contributed by atoms with E-state index in [2.05, 4.69) is 22.3 Å². The van der Waals surface area contributed by atoms with E-state index in [1.165, 1.54) is 0 Å². The van der Waals surface area contributed by atoms with Gasteiger partial charge in [0.15, 0.2) is 5.69 Å². The lowest BCUT2D eigenvalue weighted by atomic mass is 10.1. The summed E-state index contributed by atoms with van der Waals surface area (Å²) in [4.78, 5) is 14.9. The van der Waals surface area contributed by atoms with Crippen molar-refractivity contribution in [1.82, 2.24) is 15.4 Å². The van der Waals surface area contributed by atoms with Crippen LogP contribution in [0.4, 0.5) is 0 Å². The summed E-state index contributed by atoms with van der Waals surface area (Å²) >= 11 is 0. The first-order chi connectivity index (χ1) is 11.2.